The molecule has 0 unspecified atom stereocenters. The average Bonchev–Trinajstić information content (AvgIpc) is 3.19. The van der Waals surface area contributed by atoms with Crippen LogP contribution in [0.5, 0.6) is 0 Å². The number of fused-ring (bicyclic) bond motifs is 6. The van der Waals surface area contributed by atoms with Gasteiger partial charge in [0.15, 0.2) is 0 Å². The molecule has 0 radical (unpaired) electrons. The monoisotopic (exact) mass is 430 g/mol. The Balaban J connectivity index is 1.45. The number of benzene rings is 4. The summed E-state index contributed by atoms with van der Waals surface area (Å²) in [6.07, 6.45) is 0. The van der Waals surface area contributed by atoms with E-state index in [4.69, 9.17) is 4.74 Å². The van der Waals surface area contributed by atoms with E-state index >= 15 is 0 Å². The number of rotatable bonds is 3. The zero-order valence-electron chi connectivity index (χ0n) is 20.1. The van der Waals surface area contributed by atoms with Crippen LogP contribution in [0.4, 0.5) is 0 Å². The summed E-state index contributed by atoms with van der Waals surface area (Å²) in [7, 11) is 1.76. The molecule has 4 aromatic rings. The van der Waals surface area contributed by atoms with Gasteiger partial charge in [0.2, 0.25) is 0 Å². The molecule has 0 aromatic heterocycles. The van der Waals surface area contributed by atoms with Crippen LogP contribution in [0.2, 0.25) is 0 Å². The van der Waals surface area contributed by atoms with E-state index < -0.39 is 0 Å². The van der Waals surface area contributed by atoms with Crippen LogP contribution in [0, 0.1) is 0 Å². The second-order valence-corrected chi connectivity index (χ2v) is 10.6. The molecule has 0 N–H and O–H groups in total. The van der Waals surface area contributed by atoms with Crippen molar-refractivity contribution in [1.29, 1.82) is 0 Å². The Morgan fingerprint density at radius 2 is 1.03 bits per heavy atom. The minimum Gasteiger partial charge on any atom is -0.380 e. The van der Waals surface area contributed by atoms with E-state index in [-0.39, 0.29) is 10.8 Å². The zero-order chi connectivity index (χ0) is 23.0. The Bertz CT molecular complexity index is 1420. The molecule has 1 heteroatoms. The zero-order valence-corrected chi connectivity index (χ0v) is 20.1. The molecule has 2 aliphatic carbocycles. The lowest BCUT2D eigenvalue weighted by atomic mass is 9.80. The van der Waals surface area contributed by atoms with Gasteiger partial charge >= 0.3 is 0 Å². The van der Waals surface area contributed by atoms with E-state index in [0.29, 0.717) is 6.61 Å². The van der Waals surface area contributed by atoms with Crippen molar-refractivity contribution in [3.05, 3.63) is 107 Å². The lowest BCUT2D eigenvalue weighted by molar-refractivity contribution is 0.185. The largest absolute Gasteiger partial charge is 0.380 e. The lowest BCUT2D eigenvalue weighted by Crippen LogP contribution is -2.15. The normalized spacial score (nSPS) is 16.2. The van der Waals surface area contributed by atoms with Gasteiger partial charge in [-0.3, -0.25) is 0 Å². The maximum absolute atomic E-state index is 5.39. The molecule has 0 spiro atoms. The summed E-state index contributed by atoms with van der Waals surface area (Å²) in [4.78, 5) is 0. The first-order valence-corrected chi connectivity index (χ1v) is 11.8. The summed E-state index contributed by atoms with van der Waals surface area (Å²) >= 11 is 0. The van der Waals surface area contributed by atoms with Gasteiger partial charge in [-0.15, -0.1) is 0 Å². The number of hydrogen-bond donors (Lipinski definition) is 0. The van der Waals surface area contributed by atoms with Crippen LogP contribution in [0.25, 0.3) is 33.4 Å². The van der Waals surface area contributed by atoms with Crippen LogP contribution < -0.4 is 0 Å². The molecule has 0 fully saturated rings. The molecule has 0 bridgehead atoms. The molecule has 33 heavy (non-hydrogen) atoms. The third-order valence-electron chi connectivity index (χ3n) is 7.97. The molecule has 164 valence electrons. The van der Waals surface area contributed by atoms with Crippen molar-refractivity contribution in [3.63, 3.8) is 0 Å². The fraction of sp³-hybridized carbons (Fsp3) is 0.250. The predicted octanol–water partition coefficient (Wildman–Crippen LogP) is 8.11. The van der Waals surface area contributed by atoms with E-state index in [1.54, 1.807) is 7.11 Å². The van der Waals surface area contributed by atoms with Gasteiger partial charge in [0.05, 0.1) is 6.61 Å². The highest BCUT2D eigenvalue weighted by Gasteiger charge is 2.37. The maximum Gasteiger partial charge on any atom is 0.0713 e. The van der Waals surface area contributed by atoms with E-state index in [1.165, 1.54) is 61.2 Å². The SMILES string of the molecule is COCc1ccc2c(c1)C(C)(C)c1cc(-c3ccc4c(c3)C(C)(C)c3ccccc3-4)ccc1-2. The molecule has 0 aliphatic heterocycles. The van der Waals surface area contributed by atoms with Crippen LogP contribution in [0.1, 0.15) is 55.5 Å². The van der Waals surface area contributed by atoms with Crippen LogP contribution in [-0.2, 0) is 22.2 Å². The first-order chi connectivity index (χ1) is 15.8. The van der Waals surface area contributed by atoms with Gasteiger partial charge in [0.1, 0.15) is 0 Å². The van der Waals surface area contributed by atoms with Gasteiger partial charge in [0, 0.05) is 17.9 Å². The van der Waals surface area contributed by atoms with E-state index in [9.17, 15) is 0 Å². The molecule has 1 nitrogen and oxygen atoms in total. The average molecular weight is 431 g/mol. The van der Waals surface area contributed by atoms with Crippen molar-refractivity contribution in [3.8, 4) is 33.4 Å². The van der Waals surface area contributed by atoms with Crippen molar-refractivity contribution in [2.45, 2.75) is 45.1 Å². The molecule has 0 saturated carbocycles. The maximum atomic E-state index is 5.39. The molecule has 0 saturated heterocycles. The van der Waals surface area contributed by atoms with Gasteiger partial charge in [-0.05, 0) is 73.3 Å². The smallest absolute Gasteiger partial charge is 0.0713 e. The van der Waals surface area contributed by atoms with E-state index in [1.807, 2.05) is 0 Å². The summed E-state index contributed by atoms with van der Waals surface area (Å²) in [6.45, 7) is 10.0. The summed E-state index contributed by atoms with van der Waals surface area (Å²) in [6, 6.07) is 29.7. The van der Waals surface area contributed by atoms with Crippen molar-refractivity contribution in [2.75, 3.05) is 7.11 Å². The Hall–Kier alpha value is -3.16. The molecule has 4 aromatic carbocycles. The minimum atomic E-state index is -0.0311. The second-order valence-electron chi connectivity index (χ2n) is 10.6. The Morgan fingerprint density at radius 1 is 0.545 bits per heavy atom. The van der Waals surface area contributed by atoms with Crippen LogP contribution in [0.15, 0.2) is 78.9 Å². The fourth-order valence-electron chi connectivity index (χ4n) is 6.10. The first-order valence-electron chi connectivity index (χ1n) is 11.8. The van der Waals surface area contributed by atoms with Gasteiger partial charge < -0.3 is 4.74 Å². The van der Waals surface area contributed by atoms with Crippen LogP contribution >= 0.6 is 0 Å². The molecule has 0 heterocycles. The summed E-state index contributed by atoms with van der Waals surface area (Å²) in [5.74, 6) is 0. The van der Waals surface area contributed by atoms with Gasteiger partial charge in [-0.25, -0.2) is 0 Å². The van der Waals surface area contributed by atoms with E-state index in [2.05, 4.69) is 107 Å². The number of ether oxygens (including phenoxy) is 1. The topological polar surface area (TPSA) is 9.23 Å². The summed E-state index contributed by atoms with van der Waals surface area (Å²) < 4.78 is 5.39. The van der Waals surface area contributed by atoms with Crippen LogP contribution in [0.3, 0.4) is 0 Å². The molecule has 0 atom stereocenters. The quantitative estimate of drug-likeness (QED) is 0.319. The summed E-state index contributed by atoms with van der Waals surface area (Å²) in [5.41, 5.74) is 14.9. The molecule has 2 aliphatic rings. The first kappa shape index (κ1) is 20.4. The van der Waals surface area contributed by atoms with Gasteiger partial charge in [-0.2, -0.15) is 0 Å². The van der Waals surface area contributed by atoms with Crippen molar-refractivity contribution in [1.82, 2.24) is 0 Å². The third kappa shape index (κ3) is 2.82. The third-order valence-corrected chi connectivity index (χ3v) is 7.97. The highest BCUT2D eigenvalue weighted by Crippen LogP contribution is 2.52. The Labute approximate surface area is 197 Å². The van der Waals surface area contributed by atoms with Crippen molar-refractivity contribution in [2.24, 2.45) is 0 Å². The molecule has 6 rings (SSSR count). The van der Waals surface area contributed by atoms with Crippen LogP contribution in [-0.4, -0.2) is 7.11 Å². The van der Waals surface area contributed by atoms with E-state index in [0.717, 1.165) is 0 Å². The fourth-order valence-corrected chi connectivity index (χ4v) is 6.10. The number of methoxy groups -OCH3 is 1. The van der Waals surface area contributed by atoms with Crippen molar-refractivity contribution < 1.29 is 4.74 Å². The highest BCUT2D eigenvalue weighted by molar-refractivity contribution is 5.86. The lowest BCUT2D eigenvalue weighted by Gasteiger charge is -2.23. The predicted molar refractivity (Wildman–Crippen MR) is 138 cm³/mol. The highest BCUT2D eigenvalue weighted by atomic mass is 16.5. The molecular weight excluding hydrogens is 400 g/mol. The molecule has 0 amide bonds. The van der Waals surface area contributed by atoms with Crippen molar-refractivity contribution >= 4 is 0 Å². The Kier molecular flexibility index (Phi) is 4.29. The molecular formula is C32H30O. The van der Waals surface area contributed by atoms with Gasteiger partial charge in [0.25, 0.3) is 0 Å². The minimum absolute atomic E-state index is 0.0198. The van der Waals surface area contributed by atoms with Gasteiger partial charge in [-0.1, -0.05) is 94.4 Å². The number of hydrogen-bond acceptors (Lipinski definition) is 1. The summed E-state index contributed by atoms with van der Waals surface area (Å²) in [5, 5.41) is 0. The standard InChI is InChI=1S/C32H30O/c1-31(2)27-9-7-6-8-23(27)25-14-11-21(17-29(25)31)22-12-15-26-24-13-10-20(19-33-5)16-28(24)32(3,4)30(26)18-22/h6-18H,19H2,1-5H3. The second kappa shape index (κ2) is 6.92. The Morgan fingerprint density at radius 3 is 1.64 bits per heavy atom.